The second-order valence-electron chi connectivity index (χ2n) is 15.8. The second-order valence-corrected chi connectivity index (χ2v) is 19.6. The average molecular weight is 778 g/mol. The molecule has 0 saturated heterocycles. The summed E-state index contributed by atoms with van der Waals surface area (Å²) in [5, 5.41) is 10.8. The minimum Gasteiger partial charge on any atom is -0.343 e. The summed E-state index contributed by atoms with van der Waals surface area (Å²) >= 11 is 0. The smallest absolute Gasteiger partial charge is 0.343 e. The molecule has 0 saturated carbocycles. The molecular weight excluding hydrogens is 708 g/mol. The third kappa shape index (κ3) is 9.75. The van der Waals surface area contributed by atoms with Crippen LogP contribution in [-0.2, 0) is 39.0 Å². The molecule has 0 heterocycles. The van der Waals surface area contributed by atoms with Crippen LogP contribution in [0.4, 0.5) is 0 Å². The summed E-state index contributed by atoms with van der Waals surface area (Å²) in [7, 11) is -2.48. The van der Waals surface area contributed by atoms with E-state index in [1.807, 2.05) is 0 Å². The van der Waals surface area contributed by atoms with Crippen LogP contribution in [0.2, 0.25) is 6.55 Å². The molecule has 0 amide bonds. The number of rotatable bonds is 11. The van der Waals surface area contributed by atoms with E-state index in [0.717, 1.165) is 25.7 Å². The van der Waals surface area contributed by atoms with Gasteiger partial charge in [-0.2, -0.15) is 23.2 Å². The van der Waals surface area contributed by atoms with E-state index >= 15 is 0 Å². The third-order valence-electron chi connectivity index (χ3n) is 10.6. The van der Waals surface area contributed by atoms with Crippen molar-refractivity contribution in [3.8, 4) is 0 Å². The number of hydrogen-bond donors (Lipinski definition) is 0. The number of benzene rings is 3. The van der Waals surface area contributed by atoms with E-state index in [9.17, 15) is 0 Å². The Balaban J connectivity index is 0.000000908. The van der Waals surface area contributed by atoms with Gasteiger partial charge in [-0.05, 0) is 36.5 Å². The topological polar surface area (TPSA) is 0 Å². The normalized spacial score (nSPS) is 11.7. The predicted octanol–water partition coefficient (Wildman–Crippen LogP) is 13.4. The molecule has 5 aromatic carbocycles. The van der Waals surface area contributed by atoms with Gasteiger partial charge in [0.2, 0.25) is 0 Å². The molecule has 2 heteroatoms. The van der Waals surface area contributed by atoms with Crippen molar-refractivity contribution < 1.29 is 26.2 Å². The van der Waals surface area contributed by atoms with Gasteiger partial charge in [-0.3, -0.25) is 0 Å². The van der Waals surface area contributed by atoms with Gasteiger partial charge in [-0.15, -0.1) is 56.9 Å². The molecule has 0 radical (unpaired) electrons. The van der Waals surface area contributed by atoms with Crippen LogP contribution in [0.1, 0.15) is 166 Å². The molecule has 0 N–H and O–H groups in total. The minimum absolute atomic E-state index is 0. The maximum atomic E-state index is 3.60. The fourth-order valence-corrected chi connectivity index (χ4v) is 12.6. The van der Waals surface area contributed by atoms with Gasteiger partial charge >= 0.3 is 26.2 Å². The molecule has 0 atom stereocenters. The summed E-state index contributed by atoms with van der Waals surface area (Å²) in [4.78, 5) is 0. The summed E-state index contributed by atoms with van der Waals surface area (Å²) in [6.45, 7) is 37.8. The Labute approximate surface area is 335 Å². The maximum absolute atomic E-state index is 3.60. The molecule has 0 aliphatic rings. The van der Waals surface area contributed by atoms with Crippen LogP contribution in [0, 0.1) is 13.8 Å². The van der Waals surface area contributed by atoms with E-state index in [0.29, 0.717) is 23.7 Å². The van der Waals surface area contributed by atoms with Crippen molar-refractivity contribution in [3.05, 3.63) is 114 Å². The van der Waals surface area contributed by atoms with Crippen molar-refractivity contribution in [1.82, 2.24) is 0 Å². The summed E-state index contributed by atoms with van der Waals surface area (Å²) in [5.74, 6) is 1.96. The first-order valence-electron chi connectivity index (χ1n) is 19.9. The Bertz CT molecular complexity index is 1660. The summed E-state index contributed by atoms with van der Waals surface area (Å²) in [5.41, 5.74) is 9.08. The Morgan fingerprint density at radius 1 is 0.569 bits per heavy atom. The Hall–Kier alpha value is -2.02. The monoisotopic (exact) mass is 776 g/mol. The van der Waals surface area contributed by atoms with Crippen LogP contribution in [0.25, 0.3) is 21.5 Å². The fourth-order valence-electron chi connectivity index (χ4n) is 7.53. The van der Waals surface area contributed by atoms with Gasteiger partial charge in [0, 0.05) is 8.07 Å². The molecule has 0 aromatic heterocycles. The molecule has 0 aliphatic carbocycles. The Morgan fingerprint density at radius 2 is 0.922 bits per heavy atom. The summed E-state index contributed by atoms with van der Waals surface area (Å²) < 4.78 is 0. The molecule has 0 bridgehead atoms. The Kier molecular flexibility index (Phi) is 18.1. The molecule has 0 spiro atoms. The van der Waals surface area contributed by atoms with Gasteiger partial charge in [0.1, 0.15) is 0 Å². The molecule has 0 aliphatic heterocycles. The van der Waals surface area contributed by atoms with E-state index in [1.165, 1.54) is 51.1 Å². The van der Waals surface area contributed by atoms with Crippen molar-refractivity contribution in [2.45, 2.75) is 152 Å². The van der Waals surface area contributed by atoms with E-state index < -0.39 is 8.07 Å². The average Bonchev–Trinajstić information content (AvgIpc) is 3.69. The first-order chi connectivity index (χ1) is 23.8. The molecule has 0 unspecified atom stereocenters. The third-order valence-corrected chi connectivity index (χ3v) is 15.3. The number of fused-ring (bicyclic) bond motifs is 2. The minimum atomic E-state index is -2.48. The standard InChI is InChI=1S/C41H52Si.2C4H9.Zr/c1-12-29-19-33-21-31(25(3)4)23-36(27(7)8)38(33)40(29)42(11,35-17-15-14-16-18-35)41-30(13-2)20-34-22-32(26(5)6)24-37(28(9)10)39(34)41;2*1-3-4-2;/h14-28H,12-13H2,1-11H3;2*1,3-4H2,2H3;/q-2;2*-1;+4. The molecule has 0 fully saturated rings. The second kappa shape index (κ2) is 20.4. The van der Waals surface area contributed by atoms with Crippen molar-refractivity contribution in [1.29, 1.82) is 0 Å². The zero-order chi connectivity index (χ0) is 37.3. The van der Waals surface area contributed by atoms with Gasteiger partial charge in [0.05, 0.1) is 0 Å². The van der Waals surface area contributed by atoms with Crippen molar-refractivity contribution in [2.75, 3.05) is 0 Å². The summed E-state index contributed by atoms with van der Waals surface area (Å²) in [6.07, 6.45) is 6.67. The van der Waals surface area contributed by atoms with Gasteiger partial charge in [0.25, 0.3) is 0 Å². The van der Waals surface area contributed by atoms with Crippen LogP contribution >= 0.6 is 0 Å². The Morgan fingerprint density at radius 3 is 1.20 bits per heavy atom. The zero-order valence-corrected chi connectivity index (χ0v) is 38.3. The fraction of sp³-hybridized carbons (Fsp3) is 0.469. The first-order valence-corrected chi connectivity index (χ1v) is 22.4. The molecular formula is C49H70SiZr. The van der Waals surface area contributed by atoms with Crippen molar-refractivity contribution in [3.63, 3.8) is 0 Å². The first kappa shape index (κ1) is 45.1. The SMILES string of the molecule is CCc1[cH-]c2cc(C(C)C)cc(C(C)C)c2c1[Si](C)(c1ccccc1)c1c(CC)[cH-]c2cc(C(C)C)cc(C(C)C)c12.[CH2-]CCC.[CH2-]CCC.[Zr+4]. The quantitative estimate of drug-likeness (QED) is 0.0925. The van der Waals surface area contributed by atoms with E-state index in [2.05, 4.69) is 170 Å². The zero-order valence-electron chi connectivity index (χ0n) is 34.8. The maximum Gasteiger partial charge on any atom is 4.00 e. The van der Waals surface area contributed by atoms with Crippen LogP contribution in [-0.4, -0.2) is 8.07 Å². The number of hydrogen-bond acceptors (Lipinski definition) is 0. The molecule has 5 rings (SSSR count). The van der Waals surface area contributed by atoms with Crippen LogP contribution in [0.3, 0.4) is 0 Å². The number of aryl methyl sites for hydroxylation is 2. The van der Waals surface area contributed by atoms with Crippen LogP contribution < -0.4 is 15.6 Å². The van der Waals surface area contributed by atoms with E-state index in [4.69, 9.17) is 0 Å². The van der Waals surface area contributed by atoms with Gasteiger partial charge in [0.15, 0.2) is 0 Å². The van der Waals surface area contributed by atoms with Crippen LogP contribution in [0.5, 0.6) is 0 Å². The van der Waals surface area contributed by atoms with Gasteiger partial charge in [-0.25, -0.2) is 0 Å². The molecule has 5 aromatic rings. The van der Waals surface area contributed by atoms with Crippen LogP contribution in [0.15, 0.2) is 66.7 Å². The summed E-state index contributed by atoms with van der Waals surface area (Å²) in [6, 6.07) is 26.8. The van der Waals surface area contributed by atoms with E-state index in [-0.39, 0.29) is 26.2 Å². The van der Waals surface area contributed by atoms with Gasteiger partial charge in [-0.1, -0.05) is 172 Å². The van der Waals surface area contributed by atoms with Gasteiger partial charge < -0.3 is 13.8 Å². The molecule has 0 nitrogen and oxygen atoms in total. The largest absolute Gasteiger partial charge is 4.00 e. The van der Waals surface area contributed by atoms with Crippen molar-refractivity contribution in [2.24, 2.45) is 0 Å². The molecule has 274 valence electrons. The number of unbranched alkanes of at least 4 members (excludes halogenated alkanes) is 2. The predicted molar refractivity (Wildman–Crippen MR) is 232 cm³/mol. The van der Waals surface area contributed by atoms with Crippen molar-refractivity contribution >= 4 is 45.2 Å². The molecule has 51 heavy (non-hydrogen) atoms. The van der Waals surface area contributed by atoms with E-state index in [1.54, 1.807) is 32.3 Å².